The first kappa shape index (κ1) is 14.7. The second kappa shape index (κ2) is 6.03. The maximum absolute atomic E-state index is 11.8. The Morgan fingerprint density at radius 3 is 2.67 bits per heavy atom. The molecule has 100 valence electrons. The molecule has 0 saturated heterocycles. The number of ether oxygens (including phenoxy) is 1. The Morgan fingerprint density at radius 1 is 1.56 bits per heavy atom. The second-order valence-corrected chi connectivity index (χ2v) is 4.78. The highest BCUT2D eigenvalue weighted by molar-refractivity contribution is 9.09. The molecule has 0 aromatic carbocycles. The average molecular weight is 327 g/mol. The van der Waals surface area contributed by atoms with Crippen molar-refractivity contribution in [2.45, 2.75) is 17.9 Å². The van der Waals surface area contributed by atoms with Crippen LogP contribution in [-0.2, 0) is 0 Å². The molecular weight excluding hydrogens is 317 g/mol. The SMILES string of the molecule is CC(Br)c1ccc(OC(=O)NCC(F)(F)F)nc1. The molecule has 8 heteroatoms. The van der Waals surface area contributed by atoms with E-state index in [-0.39, 0.29) is 10.7 Å². The summed E-state index contributed by atoms with van der Waals surface area (Å²) < 4.78 is 40.0. The maximum atomic E-state index is 11.8. The predicted octanol–water partition coefficient (Wildman–Crippen LogP) is 3.19. The molecule has 18 heavy (non-hydrogen) atoms. The van der Waals surface area contributed by atoms with E-state index in [1.165, 1.54) is 12.3 Å². The number of rotatable bonds is 3. The minimum Gasteiger partial charge on any atom is -0.391 e. The number of pyridine rings is 1. The van der Waals surface area contributed by atoms with Crippen LogP contribution in [0, 0.1) is 0 Å². The molecule has 1 amide bonds. The first-order valence-corrected chi connectivity index (χ1v) is 5.82. The molecule has 0 aliphatic carbocycles. The predicted molar refractivity (Wildman–Crippen MR) is 61.7 cm³/mol. The molecule has 0 aliphatic heterocycles. The van der Waals surface area contributed by atoms with Gasteiger partial charge >= 0.3 is 12.3 Å². The molecule has 1 rings (SSSR count). The number of alkyl halides is 4. The van der Waals surface area contributed by atoms with Gasteiger partial charge in [-0.2, -0.15) is 13.2 Å². The lowest BCUT2D eigenvalue weighted by molar-refractivity contribution is -0.123. The van der Waals surface area contributed by atoms with Crippen molar-refractivity contribution in [1.29, 1.82) is 0 Å². The summed E-state index contributed by atoms with van der Waals surface area (Å²) in [5.41, 5.74) is 0.859. The lowest BCUT2D eigenvalue weighted by Crippen LogP contribution is -2.35. The lowest BCUT2D eigenvalue weighted by Gasteiger charge is -2.09. The zero-order valence-electron chi connectivity index (χ0n) is 9.29. The second-order valence-electron chi connectivity index (χ2n) is 3.40. The van der Waals surface area contributed by atoms with Crippen LogP contribution in [-0.4, -0.2) is 23.8 Å². The molecule has 0 aliphatic rings. The van der Waals surface area contributed by atoms with Gasteiger partial charge in [0.05, 0.1) is 0 Å². The number of amides is 1. The molecular formula is C10H10BrF3N2O2. The van der Waals surface area contributed by atoms with Gasteiger partial charge in [0.25, 0.3) is 0 Å². The third-order valence-corrected chi connectivity index (χ3v) is 2.38. The van der Waals surface area contributed by atoms with Crippen molar-refractivity contribution in [1.82, 2.24) is 10.3 Å². The monoisotopic (exact) mass is 326 g/mol. The summed E-state index contributed by atoms with van der Waals surface area (Å²) in [4.78, 5) is 14.9. The largest absolute Gasteiger partial charge is 0.414 e. The van der Waals surface area contributed by atoms with Crippen molar-refractivity contribution in [3.8, 4) is 5.88 Å². The summed E-state index contributed by atoms with van der Waals surface area (Å²) >= 11 is 3.32. The molecule has 0 fully saturated rings. The number of nitrogens with zero attached hydrogens (tertiary/aromatic N) is 1. The van der Waals surface area contributed by atoms with Crippen molar-refractivity contribution in [3.63, 3.8) is 0 Å². The van der Waals surface area contributed by atoms with Crippen LogP contribution in [0.3, 0.4) is 0 Å². The smallest absolute Gasteiger partial charge is 0.391 e. The quantitative estimate of drug-likeness (QED) is 0.868. The summed E-state index contributed by atoms with van der Waals surface area (Å²) in [6, 6.07) is 3.05. The van der Waals surface area contributed by atoms with Crippen LogP contribution < -0.4 is 10.1 Å². The van der Waals surface area contributed by atoms with E-state index in [2.05, 4.69) is 25.7 Å². The van der Waals surface area contributed by atoms with Crippen molar-refractivity contribution in [2.24, 2.45) is 0 Å². The van der Waals surface area contributed by atoms with Crippen LogP contribution in [0.1, 0.15) is 17.3 Å². The normalized spacial score (nSPS) is 12.9. The average Bonchev–Trinajstić information content (AvgIpc) is 2.26. The Hall–Kier alpha value is -1.31. The van der Waals surface area contributed by atoms with Gasteiger partial charge in [0.15, 0.2) is 0 Å². The van der Waals surface area contributed by atoms with Crippen molar-refractivity contribution in [2.75, 3.05) is 6.54 Å². The maximum Gasteiger partial charge on any atom is 0.414 e. The van der Waals surface area contributed by atoms with E-state index in [1.54, 1.807) is 11.4 Å². The van der Waals surface area contributed by atoms with Crippen LogP contribution in [0.4, 0.5) is 18.0 Å². The third kappa shape index (κ3) is 5.35. The van der Waals surface area contributed by atoms with Crippen molar-refractivity contribution in [3.05, 3.63) is 23.9 Å². The molecule has 1 N–H and O–H groups in total. The summed E-state index contributed by atoms with van der Waals surface area (Å²) in [6.07, 6.45) is -4.20. The molecule has 0 bridgehead atoms. The van der Waals surface area contributed by atoms with E-state index in [9.17, 15) is 18.0 Å². The molecule has 4 nitrogen and oxygen atoms in total. The Bertz CT molecular complexity index is 407. The number of aromatic nitrogens is 1. The summed E-state index contributed by atoms with van der Waals surface area (Å²) in [5, 5.41) is 1.57. The fourth-order valence-electron chi connectivity index (χ4n) is 0.991. The number of carbonyl (C=O) groups excluding carboxylic acids is 1. The zero-order valence-corrected chi connectivity index (χ0v) is 10.9. The molecule has 1 atom stereocenters. The van der Waals surface area contributed by atoms with Crippen molar-refractivity contribution >= 4 is 22.0 Å². The fraction of sp³-hybridized carbons (Fsp3) is 0.400. The molecule has 0 spiro atoms. The number of halogens is 4. The molecule has 1 heterocycles. The number of hydrogen-bond donors (Lipinski definition) is 1. The topological polar surface area (TPSA) is 51.2 Å². The van der Waals surface area contributed by atoms with Crippen LogP contribution in [0.25, 0.3) is 0 Å². The summed E-state index contributed by atoms with van der Waals surface area (Å²) in [6.45, 7) is 0.440. The highest BCUT2D eigenvalue weighted by atomic mass is 79.9. The van der Waals surface area contributed by atoms with Crippen LogP contribution in [0.2, 0.25) is 0 Å². The van der Waals surface area contributed by atoms with Gasteiger partial charge in [-0.25, -0.2) is 9.78 Å². The molecule has 1 aromatic rings. The summed E-state index contributed by atoms with van der Waals surface area (Å²) in [7, 11) is 0. The minimum absolute atomic E-state index is 0.0634. The Morgan fingerprint density at radius 2 is 2.22 bits per heavy atom. The Balaban J connectivity index is 2.50. The number of hydrogen-bond acceptors (Lipinski definition) is 3. The number of nitrogens with one attached hydrogen (secondary N) is 1. The minimum atomic E-state index is -4.47. The van der Waals surface area contributed by atoms with E-state index in [0.717, 1.165) is 5.56 Å². The van der Waals surface area contributed by atoms with Gasteiger partial charge < -0.3 is 10.1 Å². The van der Waals surface area contributed by atoms with Crippen molar-refractivity contribution < 1.29 is 22.7 Å². The zero-order chi connectivity index (χ0) is 13.8. The van der Waals surface area contributed by atoms with Crippen LogP contribution in [0.15, 0.2) is 18.3 Å². The van der Waals surface area contributed by atoms with Gasteiger partial charge in [-0.3, -0.25) is 0 Å². The standard InChI is InChI=1S/C10H10BrF3N2O2/c1-6(11)7-2-3-8(15-4-7)18-9(17)16-5-10(12,13)14/h2-4,6H,5H2,1H3,(H,16,17). The van der Waals surface area contributed by atoms with E-state index in [4.69, 9.17) is 0 Å². The van der Waals surface area contributed by atoms with Gasteiger partial charge in [0.1, 0.15) is 6.54 Å². The number of carbonyl (C=O) groups is 1. The Kier molecular flexibility index (Phi) is 4.94. The van der Waals surface area contributed by atoms with Crippen LogP contribution in [0.5, 0.6) is 5.88 Å². The third-order valence-electron chi connectivity index (χ3n) is 1.85. The first-order chi connectivity index (χ1) is 8.28. The molecule has 0 radical (unpaired) electrons. The van der Waals surface area contributed by atoms with Gasteiger partial charge in [0, 0.05) is 17.1 Å². The fourth-order valence-corrected chi connectivity index (χ4v) is 1.26. The first-order valence-electron chi connectivity index (χ1n) is 4.90. The molecule has 1 aromatic heterocycles. The highest BCUT2D eigenvalue weighted by Crippen LogP contribution is 2.21. The molecule has 0 saturated carbocycles. The van der Waals surface area contributed by atoms with Gasteiger partial charge in [0.2, 0.25) is 5.88 Å². The van der Waals surface area contributed by atoms with Crippen LogP contribution >= 0.6 is 15.9 Å². The highest BCUT2D eigenvalue weighted by Gasteiger charge is 2.28. The van der Waals surface area contributed by atoms with E-state index in [0.29, 0.717) is 0 Å². The van der Waals surface area contributed by atoms with E-state index < -0.39 is 18.8 Å². The van der Waals surface area contributed by atoms with E-state index in [1.807, 2.05) is 6.92 Å². The van der Waals surface area contributed by atoms with E-state index >= 15 is 0 Å². The van der Waals surface area contributed by atoms with Gasteiger partial charge in [-0.05, 0) is 12.5 Å². The molecule has 1 unspecified atom stereocenters. The lowest BCUT2D eigenvalue weighted by atomic mass is 10.2. The summed E-state index contributed by atoms with van der Waals surface area (Å²) in [5.74, 6) is -0.0634. The van der Waals surface area contributed by atoms with Gasteiger partial charge in [-0.1, -0.05) is 22.0 Å². The van der Waals surface area contributed by atoms with Gasteiger partial charge in [-0.15, -0.1) is 0 Å². The Labute approximate surface area is 110 Å².